The van der Waals surface area contributed by atoms with Crippen LogP contribution in [0.5, 0.6) is 0 Å². The number of piperazine rings is 1. The predicted octanol–water partition coefficient (Wildman–Crippen LogP) is 3.54. The summed E-state index contributed by atoms with van der Waals surface area (Å²) in [6.45, 7) is 4.50. The smallest absolute Gasteiger partial charge is 0.271 e. The highest BCUT2D eigenvalue weighted by Crippen LogP contribution is 2.25. The summed E-state index contributed by atoms with van der Waals surface area (Å²) in [7, 11) is 0. The minimum atomic E-state index is -0.389. The second-order valence-corrected chi connectivity index (χ2v) is 7.08. The average Bonchev–Trinajstić information content (AvgIpc) is 3.10. The third-order valence-corrected chi connectivity index (χ3v) is 5.19. The molecule has 0 radical (unpaired) electrons. The average molecular weight is 379 g/mol. The predicted molar refractivity (Wildman–Crippen MR) is 107 cm³/mol. The molecule has 1 aliphatic rings. The van der Waals surface area contributed by atoms with Gasteiger partial charge in [-0.05, 0) is 24.6 Å². The van der Waals surface area contributed by atoms with Gasteiger partial charge in [-0.1, -0.05) is 18.2 Å². The van der Waals surface area contributed by atoms with Crippen LogP contribution in [0.4, 0.5) is 11.4 Å². The molecule has 2 heterocycles. The standard InChI is InChI=1S/C21H21N3O4/c1-15-5-6-19-16(14-28-20(19)11-15)12-21(25)23-9-7-22(8-10-23)17-3-2-4-18(13-17)24(26)27/h2-6,11,13-14H,7-10,12H2,1H3. The van der Waals surface area contributed by atoms with E-state index in [9.17, 15) is 14.9 Å². The number of non-ortho nitro benzene ring substituents is 1. The second-order valence-electron chi connectivity index (χ2n) is 7.08. The Morgan fingerprint density at radius 3 is 2.68 bits per heavy atom. The molecule has 1 amide bonds. The summed E-state index contributed by atoms with van der Waals surface area (Å²) in [5, 5.41) is 11.9. The third-order valence-electron chi connectivity index (χ3n) is 5.19. The summed E-state index contributed by atoms with van der Waals surface area (Å²) in [6.07, 6.45) is 1.98. The zero-order valence-electron chi connectivity index (χ0n) is 15.6. The molecule has 0 aliphatic carbocycles. The maximum Gasteiger partial charge on any atom is 0.271 e. The number of nitro groups is 1. The Morgan fingerprint density at radius 2 is 1.93 bits per heavy atom. The molecule has 0 bridgehead atoms. The van der Waals surface area contributed by atoms with Gasteiger partial charge in [-0.25, -0.2) is 0 Å². The summed E-state index contributed by atoms with van der Waals surface area (Å²) in [5.41, 5.74) is 3.73. The number of amides is 1. The zero-order valence-corrected chi connectivity index (χ0v) is 15.6. The number of carbonyl (C=O) groups is 1. The van der Waals surface area contributed by atoms with Crippen molar-refractivity contribution in [2.45, 2.75) is 13.3 Å². The first-order valence-corrected chi connectivity index (χ1v) is 9.25. The summed E-state index contributed by atoms with van der Waals surface area (Å²) in [4.78, 5) is 27.2. The number of hydrogen-bond donors (Lipinski definition) is 0. The quantitative estimate of drug-likeness (QED) is 0.512. The molecule has 0 saturated carbocycles. The van der Waals surface area contributed by atoms with Crippen molar-refractivity contribution in [3.63, 3.8) is 0 Å². The van der Waals surface area contributed by atoms with Crippen molar-refractivity contribution in [1.29, 1.82) is 0 Å². The van der Waals surface area contributed by atoms with Crippen LogP contribution >= 0.6 is 0 Å². The number of furan rings is 1. The van der Waals surface area contributed by atoms with Crippen molar-refractivity contribution in [1.82, 2.24) is 4.90 Å². The van der Waals surface area contributed by atoms with Gasteiger partial charge in [0.1, 0.15) is 5.58 Å². The molecule has 0 spiro atoms. The van der Waals surface area contributed by atoms with Crippen molar-refractivity contribution < 1.29 is 14.1 Å². The lowest BCUT2D eigenvalue weighted by molar-refractivity contribution is -0.384. The first-order chi connectivity index (χ1) is 13.5. The first kappa shape index (κ1) is 18.0. The summed E-state index contributed by atoms with van der Waals surface area (Å²) >= 11 is 0. The number of fused-ring (bicyclic) bond motifs is 1. The van der Waals surface area contributed by atoms with Crippen LogP contribution in [0.25, 0.3) is 11.0 Å². The van der Waals surface area contributed by atoms with Gasteiger partial charge in [0.05, 0.1) is 17.6 Å². The molecule has 0 unspecified atom stereocenters. The largest absolute Gasteiger partial charge is 0.464 e. The number of carbonyl (C=O) groups excluding carboxylic acids is 1. The minimum absolute atomic E-state index is 0.0713. The number of aryl methyl sites for hydroxylation is 1. The number of nitro benzene ring substituents is 1. The lowest BCUT2D eigenvalue weighted by Crippen LogP contribution is -2.49. The van der Waals surface area contributed by atoms with Gasteiger partial charge in [0, 0.05) is 54.9 Å². The summed E-state index contributed by atoms with van der Waals surface area (Å²) in [6, 6.07) is 12.6. The van der Waals surface area contributed by atoms with E-state index >= 15 is 0 Å². The molecule has 1 aliphatic heterocycles. The summed E-state index contributed by atoms with van der Waals surface area (Å²) in [5.74, 6) is 0.0713. The zero-order chi connectivity index (χ0) is 19.7. The molecule has 7 nitrogen and oxygen atoms in total. The van der Waals surface area contributed by atoms with E-state index in [4.69, 9.17) is 4.42 Å². The molecular formula is C21H21N3O4. The van der Waals surface area contributed by atoms with Crippen LogP contribution < -0.4 is 4.90 Å². The van der Waals surface area contributed by atoms with E-state index in [0.29, 0.717) is 32.6 Å². The van der Waals surface area contributed by atoms with Gasteiger partial charge in [-0.2, -0.15) is 0 Å². The fourth-order valence-electron chi connectivity index (χ4n) is 3.62. The molecule has 28 heavy (non-hydrogen) atoms. The fourth-order valence-corrected chi connectivity index (χ4v) is 3.62. The Bertz CT molecular complexity index is 1040. The molecule has 1 saturated heterocycles. The number of benzene rings is 2. The van der Waals surface area contributed by atoms with Crippen molar-refractivity contribution in [3.05, 3.63) is 70.0 Å². The Labute approximate surface area is 162 Å². The molecule has 4 rings (SSSR count). The Hall–Kier alpha value is -3.35. The summed E-state index contributed by atoms with van der Waals surface area (Å²) < 4.78 is 5.59. The van der Waals surface area contributed by atoms with Crippen LogP contribution in [0, 0.1) is 17.0 Å². The van der Waals surface area contributed by atoms with Crippen LogP contribution in [0.15, 0.2) is 53.1 Å². The fraction of sp³-hybridized carbons (Fsp3) is 0.286. The van der Waals surface area contributed by atoms with E-state index < -0.39 is 0 Å². The third kappa shape index (κ3) is 3.55. The molecule has 7 heteroatoms. The molecule has 2 aromatic carbocycles. The van der Waals surface area contributed by atoms with Crippen LogP contribution in [0.1, 0.15) is 11.1 Å². The van der Waals surface area contributed by atoms with Crippen molar-refractivity contribution >= 4 is 28.3 Å². The highest BCUT2D eigenvalue weighted by molar-refractivity contribution is 5.88. The van der Waals surface area contributed by atoms with Gasteiger partial charge < -0.3 is 14.2 Å². The molecule has 144 valence electrons. The maximum absolute atomic E-state index is 12.7. The molecule has 0 N–H and O–H groups in total. The normalized spacial score (nSPS) is 14.5. The van der Waals surface area contributed by atoms with Crippen LogP contribution in [-0.4, -0.2) is 41.9 Å². The highest BCUT2D eigenvalue weighted by atomic mass is 16.6. The van der Waals surface area contributed by atoms with Gasteiger partial charge in [-0.15, -0.1) is 0 Å². The topological polar surface area (TPSA) is 79.8 Å². The SMILES string of the molecule is Cc1ccc2c(CC(=O)N3CCN(c4cccc([N+](=O)[O-])c4)CC3)coc2c1. The Kier molecular flexibility index (Phi) is 4.73. The van der Waals surface area contributed by atoms with Crippen molar-refractivity contribution in [2.24, 2.45) is 0 Å². The number of rotatable bonds is 4. The maximum atomic E-state index is 12.7. The van der Waals surface area contributed by atoms with Gasteiger partial charge in [-0.3, -0.25) is 14.9 Å². The lowest BCUT2D eigenvalue weighted by atomic mass is 10.1. The number of nitrogens with zero attached hydrogens (tertiary/aromatic N) is 3. The van der Waals surface area contributed by atoms with Crippen molar-refractivity contribution in [3.8, 4) is 0 Å². The molecular weight excluding hydrogens is 358 g/mol. The minimum Gasteiger partial charge on any atom is -0.464 e. The Morgan fingerprint density at radius 1 is 1.14 bits per heavy atom. The lowest BCUT2D eigenvalue weighted by Gasteiger charge is -2.36. The van der Waals surface area contributed by atoms with E-state index in [0.717, 1.165) is 27.8 Å². The van der Waals surface area contributed by atoms with Crippen molar-refractivity contribution in [2.75, 3.05) is 31.1 Å². The molecule has 1 fully saturated rings. The number of anilines is 1. The van der Waals surface area contributed by atoms with E-state index in [-0.39, 0.29) is 16.5 Å². The first-order valence-electron chi connectivity index (χ1n) is 9.25. The number of hydrogen-bond acceptors (Lipinski definition) is 5. The second kappa shape index (κ2) is 7.34. The van der Waals surface area contributed by atoms with Crippen LogP contribution in [0.3, 0.4) is 0 Å². The van der Waals surface area contributed by atoms with Gasteiger partial charge in [0.15, 0.2) is 0 Å². The van der Waals surface area contributed by atoms with E-state index in [2.05, 4.69) is 4.90 Å². The van der Waals surface area contributed by atoms with Gasteiger partial charge >= 0.3 is 0 Å². The highest BCUT2D eigenvalue weighted by Gasteiger charge is 2.23. The van der Waals surface area contributed by atoms with Gasteiger partial charge in [0.25, 0.3) is 5.69 Å². The van der Waals surface area contributed by atoms with Gasteiger partial charge in [0.2, 0.25) is 5.91 Å². The van der Waals surface area contributed by atoms with Crippen LogP contribution in [-0.2, 0) is 11.2 Å². The molecule has 0 atom stereocenters. The van der Waals surface area contributed by atoms with E-state index in [1.807, 2.05) is 36.1 Å². The monoisotopic (exact) mass is 379 g/mol. The Balaban J connectivity index is 1.40. The molecule has 1 aromatic heterocycles. The van der Waals surface area contributed by atoms with E-state index in [1.165, 1.54) is 6.07 Å². The van der Waals surface area contributed by atoms with Crippen LogP contribution in [0.2, 0.25) is 0 Å². The molecule has 3 aromatic rings. The van der Waals surface area contributed by atoms with E-state index in [1.54, 1.807) is 18.4 Å².